The van der Waals surface area contributed by atoms with Crippen LogP contribution in [0.5, 0.6) is 0 Å². The summed E-state index contributed by atoms with van der Waals surface area (Å²) in [5.41, 5.74) is -1.54. The lowest BCUT2D eigenvalue weighted by Gasteiger charge is -2.40. The van der Waals surface area contributed by atoms with Crippen LogP contribution in [0.1, 0.15) is 46.5 Å². The van der Waals surface area contributed by atoms with Gasteiger partial charge in [-0.15, -0.1) is 0 Å². The predicted octanol–water partition coefficient (Wildman–Crippen LogP) is 0.278. The minimum Gasteiger partial charge on any atom is -0.396 e. The molecule has 0 rings (SSSR count). The van der Waals surface area contributed by atoms with Crippen molar-refractivity contribution in [3.63, 3.8) is 0 Å². The summed E-state index contributed by atoms with van der Waals surface area (Å²) in [6.07, 6.45) is 0.565. The first-order valence-electron chi connectivity index (χ1n) is 7.06. The number of hydrogen-bond donors (Lipinski definition) is 5. The summed E-state index contributed by atoms with van der Waals surface area (Å²) in [5.74, 6) is 0. The van der Waals surface area contributed by atoms with E-state index in [1.165, 1.54) is 0 Å². The van der Waals surface area contributed by atoms with E-state index in [2.05, 4.69) is 0 Å². The molecule has 0 bridgehead atoms. The van der Waals surface area contributed by atoms with Crippen LogP contribution in [0.25, 0.3) is 0 Å². The van der Waals surface area contributed by atoms with Crippen LogP contribution in [-0.2, 0) is 0 Å². The van der Waals surface area contributed by atoms with Crippen LogP contribution in [0.2, 0.25) is 0 Å². The maximum Gasteiger partial charge on any atom is 0.0621 e. The highest BCUT2D eigenvalue weighted by atomic mass is 16.3. The van der Waals surface area contributed by atoms with Gasteiger partial charge in [0.15, 0.2) is 0 Å². The van der Waals surface area contributed by atoms with Crippen LogP contribution in [0.4, 0.5) is 0 Å². The molecule has 2 atom stereocenters. The van der Waals surface area contributed by atoms with Crippen LogP contribution < -0.4 is 0 Å². The van der Waals surface area contributed by atoms with E-state index in [0.717, 1.165) is 0 Å². The highest BCUT2D eigenvalue weighted by Crippen LogP contribution is 2.38. The summed E-state index contributed by atoms with van der Waals surface area (Å²) in [7, 11) is 0. The summed E-state index contributed by atoms with van der Waals surface area (Å²) in [6, 6.07) is 0. The first-order chi connectivity index (χ1) is 8.87. The highest BCUT2D eigenvalue weighted by molar-refractivity contribution is 4.90. The normalized spacial score (nSPS) is 16.4. The fourth-order valence-electron chi connectivity index (χ4n) is 2.71. The Balaban J connectivity index is 4.79. The van der Waals surface area contributed by atoms with E-state index < -0.39 is 23.0 Å². The van der Waals surface area contributed by atoms with Crippen LogP contribution in [0.15, 0.2) is 0 Å². The molecule has 2 unspecified atom stereocenters. The van der Waals surface area contributed by atoms with E-state index in [1.807, 2.05) is 13.8 Å². The average molecular weight is 278 g/mol. The minimum atomic E-state index is -0.965. The van der Waals surface area contributed by atoms with Gasteiger partial charge >= 0.3 is 0 Å². The van der Waals surface area contributed by atoms with Gasteiger partial charge in [0.05, 0.1) is 32.0 Å². The minimum absolute atomic E-state index is 0.312. The predicted molar refractivity (Wildman–Crippen MR) is 73.6 cm³/mol. The molecular weight excluding hydrogens is 248 g/mol. The molecule has 0 saturated carbocycles. The van der Waals surface area contributed by atoms with Crippen molar-refractivity contribution >= 4 is 0 Å². The molecule has 5 N–H and O–H groups in total. The Morgan fingerprint density at radius 2 is 1.32 bits per heavy atom. The van der Waals surface area contributed by atoms with Crippen LogP contribution >= 0.6 is 0 Å². The van der Waals surface area contributed by atoms with E-state index in [4.69, 9.17) is 0 Å². The fourth-order valence-corrected chi connectivity index (χ4v) is 2.71. The lowest BCUT2D eigenvalue weighted by atomic mass is 9.70. The summed E-state index contributed by atoms with van der Waals surface area (Å²) < 4.78 is 0. The highest BCUT2D eigenvalue weighted by Gasteiger charge is 2.40. The second-order valence-electron chi connectivity index (χ2n) is 5.65. The van der Waals surface area contributed by atoms with E-state index in [0.29, 0.717) is 25.7 Å². The van der Waals surface area contributed by atoms with Crippen LogP contribution in [0.3, 0.4) is 0 Å². The third-order valence-electron chi connectivity index (χ3n) is 4.77. The lowest BCUT2D eigenvalue weighted by Crippen LogP contribution is -2.44. The van der Waals surface area contributed by atoms with Crippen molar-refractivity contribution in [2.24, 2.45) is 10.8 Å². The standard InChI is InChI=1S/C14H30O5/c1-4-14(5-2,11(3)18)12(19)6-7-13(8-15,9-16)10-17/h11-12,15-19H,4-10H2,1-3H3. The van der Waals surface area contributed by atoms with Crippen molar-refractivity contribution in [2.45, 2.75) is 58.7 Å². The monoisotopic (exact) mass is 278 g/mol. The fraction of sp³-hybridized carbons (Fsp3) is 1.00. The van der Waals surface area contributed by atoms with Crippen molar-refractivity contribution in [2.75, 3.05) is 19.8 Å². The zero-order chi connectivity index (χ0) is 15.1. The Morgan fingerprint density at radius 1 is 0.895 bits per heavy atom. The van der Waals surface area contributed by atoms with Gasteiger partial charge in [0.1, 0.15) is 0 Å². The molecule has 0 aromatic carbocycles. The lowest BCUT2D eigenvalue weighted by molar-refractivity contribution is -0.0830. The van der Waals surface area contributed by atoms with Gasteiger partial charge in [0, 0.05) is 10.8 Å². The second kappa shape index (κ2) is 8.17. The first kappa shape index (κ1) is 18.8. The maximum absolute atomic E-state index is 10.4. The largest absolute Gasteiger partial charge is 0.396 e. The van der Waals surface area contributed by atoms with Gasteiger partial charge in [-0.3, -0.25) is 0 Å². The van der Waals surface area contributed by atoms with E-state index in [-0.39, 0.29) is 19.8 Å². The van der Waals surface area contributed by atoms with E-state index in [9.17, 15) is 25.5 Å². The Morgan fingerprint density at radius 3 is 1.58 bits per heavy atom. The second-order valence-corrected chi connectivity index (χ2v) is 5.65. The van der Waals surface area contributed by atoms with Crippen molar-refractivity contribution in [1.82, 2.24) is 0 Å². The molecule has 0 aromatic heterocycles. The quantitative estimate of drug-likeness (QED) is 0.395. The zero-order valence-corrected chi connectivity index (χ0v) is 12.3. The van der Waals surface area contributed by atoms with Crippen molar-refractivity contribution in [3.05, 3.63) is 0 Å². The molecule has 19 heavy (non-hydrogen) atoms. The summed E-state index contributed by atoms with van der Waals surface area (Å²) in [5, 5.41) is 48.1. The molecule has 0 aliphatic carbocycles. The first-order valence-corrected chi connectivity index (χ1v) is 7.06. The number of rotatable bonds is 10. The van der Waals surface area contributed by atoms with Gasteiger partial charge in [0.2, 0.25) is 0 Å². The molecular formula is C14H30O5. The van der Waals surface area contributed by atoms with Crippen molar-refractivity contribution < 1.29 is 25.5 Å². The molecule has 0 saturated heterocycles. The number of aliphatic hydroxyl groups excluding tert-OH is 5. The van der Waals surface area contributed by atoms with E-state index in [1.54, 1.807) is 6.92 Å². The molecule has 5 heteroatoms. The Kier molecular flexibility index (Phi) is 8.08. The van der Waals surface area contributed by atoms with Gasteiger partial charge in [-0.25, -0.2) is 0 Å². The van der Waals surface area contributed by atoms with Gasteiger partial charge in [-0.1, -0.05) is 13.8 Å². The van der Waals surface area contributed by atoms with Gasteiger partial charge in [-0.2, -0.15) is 0 Å². The summed E-state index contributed by atoms with van der Waals surface area (Å²) in [4.78, 5) is 0. The third-order valence-corrected chi connectivity index (χ3v) is 4.77. The topological polar surface area (TPSA) is 101 Å². The molecule has 0 amide bonds. The SMILES string of the molecule is CCC(CC)(C(C)O)C(O)CCC(CO)(CO)CO. The van der Waals surface area contributed by atoms with Gasteiger partial charge in [0.25, 0.3) is 0 Å². The zero-order valence-electron chi connectivity index (χ0n) is 12.3. The average Bonchev–Trinajstić information content (AvgIpc) is 2.42. The molecule has 0 aliphatic rings. The maximum atomic E-state index is 10.4. The molecule has 0 spiro atoms. The van der Waals surface area contributed by atoms with Gasteiger partial charge < -0.3 is 25.5 Å². The van der Waals surface area contributed by atoms with Crippen molar-refractivity contribution in [3.8, 4) is 0 Å². The van der Waals surface area contributed by atoms with Gasteiger partial charge in [-0.05, 0) is 32.6 Å². The molecule has 0 radical (unpaired) electrons. The van der Waals surface area contributed by atoms with Crippen LogP contribution in [0, 0.1) is 10.8 Å². The van der Waals surface area contributed by atoms with E-state index >= 15 is 0 Å². The van der Waals surface area contributed by atoms with Crippen molar-refractivity contribution in [1.29, 1.82) is 0 Å². The molecule has 0 aliphatic heterocycles. The summed E-state index contributed by atoms with van der Waals surface area (Å²) >= 11 is 0. The molecule has 5 nitrogen and oxygen atoms in total. The smallest absolute Gasteiger partial charge is 0.0621 e. The Bertz CT molecular complexity index is 226. The Hall–Kier alpha value is -0.200. The third kappa shape index (κ3) is 4.13. The molecule has 0 heterocycles. The number of aliphatic hydroxyl groups is 5. The Labute approximate surface area is 115 Å². The number of hydrogen-bond acceptors (Lipinski definition) is 5. The molecule has 0 aromatic rings. The molecule has 116 valence electrons. The van der Waals surface area contributed by atoms with Crippen LogP contribution in [-0.4, -0.2) is 57.6 Å². The summed E-state index contributed by atoms with van der Waals surface area (Å²) in [6.45, 7) is 4.55. The molecule has 0 fully saturated rings.